The molecule has 0 saturated heterocycles. The monoisotopic (exact) mass is 252 g/mol. The first kappa shape index (κ1) is 15.1. The molecule has 1 aromatic rings. The van der Waals surface area contributed by atoms with Gasteiger partial charge in [0.05, 0.1) is 0 Å². The van der Waals surface area contributed by atoms with Gasteiger partial charge in [-0.1, -0.05) is 32.0 Å². The number of rotatable bonds is 7. The van der Waals surface area contributed by atoms with E-state index in [2.05, 4.69) is 25.8 Å². The zero-order chi connectivity index (χ0) is 13.6. The van der Waals surface area contributed by atoms with Crippen LogP contribution in [0.4, 0.5) is 4.39 Å². The Morgan fingerprint density at radius 3 is 2.56 bits per heavy atom. The number of nitrogens with zero attached hydrogens (tertiary/aromatic N) is 1. The van der Waals surface area contributed by atoms with Crippen LogP contribution < -0.4 is 5.73 Å². The minimum Gasteiger partial charge on any atom is -0.330 e. The summed E-state index contributed by atoms with van der Waals surface area (Å²) in [6.07, 6.45) is 1.76. The van der Waals surface area contributed by atoms with Gasteiger partial charge in [0.15, 0.2) is 0 Å². The fourth-order valence-electron chi connectivity index (χ4n) is 2.29. The predicted octanol–water partition coefficient (Wildman–Crippen LogP) is 2.68. The van der Waals surface area contributed by atoms with Crippen LogP contribution in [0.5, 0.6) is 0 Å². The van der Waals surface area contributed by atoms with E-state index in [0.717, 1.165) is 31.5 Å². The molecule has 0 aliphatic rings. The van der Waals surface area contributed by atoms with E-state index in [1.807, 2.05) is 12.1 Å². The van der Waals surface area contributed by atoms with E-state index in [-0.39, 0.29) is 11.2 Å². The van der Waals surface area contributed by atoms with Crippen molar-refractivity contribution in [2.45, 2.75) is 26.7 Å². The van der Waals surface area contributed by atoms with Crippen molar-refractivity contribution >= 4 is 0 Å². The molecular weight excluding hydrogens is 227 g/mol. The Labute approximate surface area is 110 Å². The molecule has 0 radical (unpaired) electrons. The zero-order valence-corrected chi connectivity index (χ0v) is 11.7. The molecule has 2 N–H and O–H groups in total. The van der Waals surface area contributed by atoms with Gasteiger partial charge in [0, 0.05) is 13.1 Å². The van der Waals surface area contributed by atoms with Gasteiger partial charge in [0.2, 0.25) is 0 Å². The third kappa shape index (κ3) is 5.15. The van der Waals surface area contributed by atoms with Gasteiger partial charge >= 0.3 is 0 Å². The smallest absolute Gasteiger partial charge is 0.126 e. The van der Waals surface area contributed by atoms with Crippen LogP contribution in [0.15, 0.2) is 24.3 Å². The van der Waals surface area contributed by atoms with E-state index in [9.17, 15) is 4.39 Å². The Balaban J connectivity index is 2.42. The summed E-state index contributed by atoms with van der Waals surface area (Å²) in [6, 6.07) is 6.99. The molecule has 0 aliphatic heterocycles. The van der Waals surface area contributed by atoms with Crippen LogP contribution in [0.2, 0.25) is 0 Å². The first-order valence-corrected chi connectivity index (χ1v) is 6.56. The molecule has 0 spiro atoms. The number of halogens is 1. The molecule has 0 fully saturated rings. The summed E-state index contributed by atoms with van der Waals surface area (Å²) < 4.78 is 13.5. The van der Waals surface area contributed by atoms with Crippen LogP contribution in [0.1, 0.15) is 25.8 Å². The van der Waals surface area contributed by atoms with Crippen LogP contribution >= 0.6 is 0 Å². The molecule has 0 heterocycles. The Morgan fingerprint density at radius 2 is 1.94 bits per heavy atom. The van der Waals surface area contributed by atoms with Gasteiger partial charge in [-0.3, -0.25) is 0 Å². The van der Waals surface area contributed by atoms with Crippen molar-refractivity contribution in [2.75, 3.05) is 26.7 Å². The van der Waals surface area contributed by atoms with E-state index >= 15 is 0 Å². The SMILES string of the molecule is CN(CCc1ccccc1F)CC(C)(C)CCN. The summed E-state index contributed by atoms with van der Waals surface area (Å²) in [7, 11) is 2.08. The quantitative estimate of drug-likeness (QED) is 0.808. The van der Waals surface area contributed by atoms with E-state index in [0.29, 0.717) is 6.54 Å². The second-order valence-electron chi connectivity index (χ2n) is 5.78. The highest BCUT2D eigenvalue weighted by atomic mass is 19.1. The summed E-state index contributed by atoms with van der Waals surface area (Å²) in [5.74, 6) is -0.105. The van der Waals surface area contributed by atoms with Crippen molar-refractivity contribution in [3.8, 4) is 0 Å². The van der Waals surface area contributed by atoms with Gasteiger partial charge in [-0.25, -0.2) is 4.39 Å². The minimum absolute atomic E-state index is 0.105. The summed E-state index contributed by atoms with van der Waals surface area (Å²) in [6.45, 7) is 7.01. The van der Waals surface area contributed by atoms with Crippen LogP contribution in [-0.2, 0) is 6.42 Å². The number of hydrogen-bond acceptors (Lipinski definition) is 2. The molecule has 3 heteroatoms. The van der Waals surface area contributed by atoms with Crippen LogP contribution in [-0.4, -0.2) is 31.6 Å². The molecule has 102 valence electrons. The Bertz CT molecular complexity index is 363. The van der Waals surface area contributed by atoms with Crippen LogP contribution in [0.3, 0.4) is 0 Å². The lowest BCUT2D eigenvalue weighted by molar-refractivity contribution is 0.202. The van der Waals surface area contributed by atoms with Crippen molar-refractivity contribution in [3.05, 3.63) is 35.6 Å². The zero-order valence-electron chi connectivity index (χ0n) is 11.7. The lowest BCUT2D eigenvalue weighted by Gasteiger charge is -2.30. The van der Waals surface area contributed by atoms with E-state index in [4.69, 9.17) is 5.73 Å². The maximum Gasteiger partial charge on any atom is 0.126 e. The number of benzene rings is 1. The molecule has 0 aromatic heterocycles. The normalized spacial score (nSPS) is 12.1. The first-order valence-electron chi connectivity index (χ1n) is 6.56. The molecular formula is C15H25FN2. The van der Waals surface area contributed by atoms with Crippen molar-refractivity contribution < 1.29 is 4.39 Å². The molecule has 2 nitrogen and oxygen atoms in total. The van der Waals surface area contributed by atoms with Crippen LogP contribution in [0.25, 0.3) is 0 Å². The largest absolute Gasteiger partial charge is 0.330 e. The Kier molecular flexibility index (Phi) is 5.76. The molecule has 1 aromatic carbocycles. The van der Waals surface area contributed by atoms with E-state index < -0.39 is 0 Å². The predicted molar refractivity (Wildman–Crippen MR) is 75.1 cm³/mol. The number of hydrogen-bond donors (Lipinski definition) is 1. The Morgan fingerprint density at radius 1 is 1.28 bits per heavy atom. The molecule has 0 atom stereocenters. The van der Waals surface area contributed by atoms with Gasteiger partial charge in [0.1, 0.15) is 5.82 Å². The fraction of sp³-hybridized carbons (Fsp3) is 0.600. The number of likely N-dealkylation sites (N-methyl/N-ethyl adjacent to an activating group) is 1. The molecule has 1 rings (SSSR count). The lowest BCUT2D eigenvalue weighted by atomic mass is 9.89. The van der Waals surface area contributed by atoms with Crippen molar-refractivity contribution in [3.63, 3.8) is 0 Å². The standard InChI is InChI=1S/C15H25FN2/c1-15(2,9-10-17)12-18(3)11-8-13-6-4-5-7-14(13)16/h4-7H,8-12,17H2,1-3H3. The average molecular weight is 252 g/mol. The maximum absolute atomic E-state index is 13.5. The van der Waals surface area contributed by atoms with Gasteiger partial charge in [-0.2, -0.15) is 0 Å². The third-order valence-corrected chi connectivity index (χ3v) is 3.24. The Hall–Kier alpha value is -0.930. The average Bonchev–Trinajstić information content (AvgIpc) is 2.27. The highest BCUT2D eigenvalue weighted by molar-refractivity contribution is 5.17. The van der Waals surface area contributed by atoms with E-state index in [1.165, 1.54) is 6.07 Å². The topological polar surface area (TPSA) is 29.3 Å². The van der Waals surface area contributed by atoms with Gasteiger partial charge in [-0.15, -0.1) is 0 Å². The molecule has 0 aliphatic carbocycles. The van der Waals surface area contributed by atoms with Crippen molar-refractivity contribution in [1.82, 2.24) is 4.90 Å². The lowest BCUT2D eigenvalue weighted by Crippen LogP contribution is -2.34. The highest BCUT2D eigenvalue weighted by Crippen LogP contribution is 2.20. The molecule has 18 heavy (non-hydrogen) atoms. The fourth-order valence-corrected chi connectivity index (χ4v) is 2.29. The van der Waals surface area contributed by atoms with Crippen molar-refractivity contribution in [2.24, 2.45) is 11.1 Å². The summed E-state index contributed by atoms with van der Waals surface area (Å²) in [4.78, 5) is 2.25. The van der Waals surface area contributed by atoms with Crippen LogP contribution in [0, 0.1) is 11.2 Å². The second-order valence-corrected chi connectivity index (χ2v) is 5.78. The summed E-state index contributed by atoms with van der Waals surface area (Å²) in [5, 5.41) is 0. The highest BCUT2D eigenvalue weighted by Gasteiger charge is 2.19. The summed E-state index contributed by atoms with van der Waals surface area (Å²) >= 11 is 0. The number of nitrogens with two attached hydrogens (primary N) is 1. The van der Waals surface area contributed by atoms with Gasteiger partial charge < -0.3 is 10.6 Å². The third-order valence-electron chi connectivity index (χ3n) is 3.24. The molecule has 0 saturated carbocycles. The molecule has 0 bridgehead atoms. The minimum atomic E-state index is -0.105. The molecule has 0 amide bonds. The van der Waals surface area contributed by atoms with Gasteiger partial charge in [-0.05, 0) is 43.5 Å². The second kappa shape index (κ2) is 6.86. The summed E-state index contributed by atoms with van der Waals surface area (Å²) in [5.41, 5.74) is 6.62. The van der Waals surface area contributed by atoms with E-state index in [1.54, 1.807) is 6.07 Å². The first-order chi connectivity index (χ1) is 8.44. The van der Waals surface area contributed by atoms with Crippen molar-refractivity contribution in [1.29, 1.82) is 0 Å². The molecule has 0 unspecified atom stereocenters. The van der Waals surface area contributed by atoms with Gasteiger partial charge in [0.25, 0.3) is 0 Å². The maximum atomic E-state index is 13.5.